The van der Waals surface area contributed by atoms with Gasteiger partial charge in [0, 0.05) is 6.20 Å². The molecule has 1 heterocycles. The lowest BCUT2D eigenvalue weighted by atomic mass is 10.2. The average Bonchev–Trinajstić information content (AvgIpc) is 2.35. The Morgan fingerprint density at radius 2 is 2.58 bits per heavy atom. The quantitative estimate of drug-likeness (QED) is 0.857. The molecule has 5 heteroatoms. The van der Waals surface area contributed by atoms with Crippen molar-refractivity contribution in [3.8, 4) is 0 Å². The summed E-state index contributed by atoms with van der Waals surface area (Å²) in [6, 6.07) is 0. The summed E-state index contributed by atoms with van der Waals surface area (Å²) in [5.41, 5.74) is 0. The van der Waals surface area contributed by atoms with Gasteiger partial charge in [-0.05, 0) is 15.9 Å². The second-order valence-corrected chi connectivity index (χ2v) is 3.54. The van der Waals surface area contributed by atoms with Crippen LogP contribution in [0.15, 0.2) is 16.9 Å². The van der Waals surface area contributed by atoms with Crippen molar-refractivity contribution in [1.29, 1.82) is 0 Å². The van der Waals surface area contributed by atoms with Gasteiger partial charge in [0.25, 0.3) is 0 Å². The van der Waals surface area contributed by atoms with Gasteiger partial charge in [0.05, 0.1) is 23.1 Å². The molecule has 0 aliphatic rings. The first kappa shape index (κ1) is 9.25. The molecule has 12 heavy (non-hydrogen) atoms. The molecule has 1 unspecified atom stereocenters. The van der Waals surface area contributed by atoms with Crippen molar-refractivity contribution < 1.29 is 9.90 Å². The lowest BCUT2D eigenvalue weighted by Crippen LogP contribution is -2.16. The fourth-order valence-corrected chi connectivity index (χ4v) is 1.12. The number of aliphatic carboxylic acids is 1. The van der Waals surface area contributed by atoms with Crippen LogP contribution in [0.4, 0.5) is 0 Å². The molecular weight excluding hydrogens is 224 g/mol. The molecule has 1 N–H and O–H groups in total. The smallest absolute Gasteiger partial charge is 0.308 e. The van der Waals surface area contributed by atoms with Gasteiger partial charge in [-0.25, -0.2) is 0 Å². The molecule has 66 valence electrons. The van der Waals surface area contributed by atoms with E-state index >= 15 is 0 Å². The molecule has 4 nitrogen and oxygen atoms in total. The van der Waals surface area contributed by atoms with Crippen LogP contribution in [0.3, 0.4) is 0 Å². The number of rotatable bonds is 3. The molecule has 0 bridgehead atoms. The Labute approximate surface area is 78.3 Å². The van der Waals surface area contributed by atoms with Gasteiger partial charge in [-0.2, -0.15) is 5.10 Å². The zero-order valence-corrected chi connectivity index (χ0v) is 8.15. The summed E-state index contributed by atoms with van der Waals surface area (Å²) in [5.74, 6) is -1.21. The summed E-state index contributed by atoms with van der Waals surface area (Å²) in [6.07, 6.45) is 3.38. The highest BCUT2D eigenvalue weighted by atomic mass is 79.9. The molecule has 0 fully saturated rings. The minimum atomic E-state index is -0.804. The SMILES string of the molecule is CC(Cn1cc(Br)cn1)C(=O)O. The summed E-state index contributed by atoms with van der Waals surface area (Å²) < 4.78 is 2.46. The molecule has 1 aromatic rings. The number of hydrogen-bond acceptors (Lipinski definition) is 2. The van der Waals surface area contributed by atoms with Crippen LogP contribution >= 0.6 is 15.9 Å². The Morgan fingerprint density at radius 1 is 1.92 bits per heavy atom. The van der Waals surface area contributed by atoms with Crippen molar-refractivity contribution in [1.82, 2.24) is 9.78 Å². The van der Waals surface area contributed by atoms with Crippen molar-refractivity contribution in [3.05, 3.63) is 16.9 Å². The van der Waals surface area contributed by atoms with E-state index < -0.39 is 11.9 Å². The van der Waals surface area contributed by atoms with Crippen LogP contribution in [0.2, 0.25) is 0 Å². The topological polar surface area (TPSA) is 55.1 Å². The predicted molar refractivity (Wildman–Crippen MR) is 46.7 cm³/mol. The zero-order valence-electron chi connectivity index (χ0n) is 6.57. The van der Waals surface area contributed by atoms with Gasteiger partial charge >= 0.3 is 5.97 Å². The summed E-state index contributed by atoms with van der Waals surface area (Å²) >= 11 is 3.23. The van der Waals surface area contributed by atoms with E-state index in [2.05, 4.69) is 21.0 Å². The van der Waals surface area contributed by atoms with Crippen LogP contribution in [0.25, 0.3) is 0 Å². The van der Waals surface area contributed by atoms with Crippen molar-refractivity contribution >= 4 is 21.9 Å². The Bertz CT molecular complexity index is 285. The van der Waals surface area contributed by atoms with E-state index in [4.69, 9.17) is 5.11 Å². The highest BCUT2D eigenvalue weighted by Gasteiger charge is 2.11. The van der Waals surface area contributed by atoms with E-state index in [1.54, 1.807) is 24.0 Å². The molecule has 0 saturated heterocycles. The fourth-order valence-electron chi connectivity index (χ4n) is 0.797. The van der Waals surface area contributed by atoms with Crippen molar-refractivity contribution in [2.75, 3.05) is 0 Å². The van der Waals surface area contributed by atoms with Gasteiger partial charge in [0.1, 0.15) is 0 Å². The van der Waals surface area contributed by atoms with Crippen LogP contribution in [-0.4, -0.2) is 20.9 Å². The van der Waals surface area contributed by atoms with E-state index in [-0.39, 0.29) is 0 Å². The van der Waals surface area contributed by atoms with Crippen LogP contribution in [0.5, 0.6) is 0 Å². The van der Waals surface area contributed by atoms with Gasteiger partial charge in [-0.15, -0.1) is 0 Å². The lowest BCUT2D eigenvalue weighted by molar-refractivity contribution is -0.141. The maximum atomic E-state index is 10.5. The second kappa shape index (κ2) is 3.71. The summed E-state index contributed by atoms with van der Waals surface area (Å²) in [5, 5.41) is 12.5. The minimum absolute atomic E-state index is 0.404. The molecule has 0 spiro atoms. The molecule has 0 aliphatic heterocycles. The van der Waals surface area contributed by atoms with E-state index in [1.165, 1.54) is 0 Å². The number of nitrogens with zero attached hydrogens (tertiary/aromatic N) is 2. The third-order valence-corrected chi connectivity index (χ3v) is 1.89. The van der Waals surface area contributed by atoms with Crippen LogP contribution < -0.4 is 0 Å². The molecule has 0 amide bonds. The number of aromatic nitrogens is 2. The molecule has 0 aromatic carbocycles. The van der Waals surface area contributed by atoms with Crippen LogP contribution in [-0.2, 0) is 11.3 Å². The molecule has 1 aromatic heterocycles. The number of halogens is 1. The van der Waals surface area contributed by atoms with Crippen molar-refractivity contribution in [2.24, 2.45) is 5.92 Å². The highest BCUT2D eigenvalue weighted by molar-refractivity contribution is 9.10. The summed E-state index contributed by atoms with van der Waals surface area (Å²) in [7, 11) is 0. The maximum absolute atomic E-state index is 10.5. The van der Waals surface area contributed by atoms with E-state index in [1.807, 2.05) is 0 Å². The van der Waals surface area contributed by atoms with Crippen molar-refractivity contribution in [3.63, 3.8) is 0 Å². The zero-order chi connectivity index (χ0) is 9.14. The Morgan fingerprint density at radius 3 is 3.00 bits per heavy atom. The minimum Gasteiger partial charge on any atom is -0.481 e. The molecular formula is C7H9BrN2O2. The molecule has 1 rings (SSSR count). The number of carboxylic acids is 1. The van der Waals surface area contributed by atoms with Gasteiger partial charge in [-0.3, -0.25) is 9.48 Å². The summed E-state index contributed by atoms with van der Waals surface area (Å²) in [6.45, 7) is 2.05. The molecule has 0 aliphatic carbocycles. The molecule has 0 radical (unpaired) electrons. The standard InChI is InChI=1S/C7H9BrN2O2/c1-5(7(11)12)3-10-4-6(8)2-9-10/h2,4-5H,3H2,1H3,(H,11,12). The first-order valence-corrected chi connectivity index (χ1v) is 4.29. The molecule has 0 saturated carbocycles. The van der Waals surface area contributed by atoms with Crippen LogP contribution in [0, 0.1) is 5.92 Å². The third-order valence-electron chi connectivity index (χ3n) is 1.48. The van der Waals surface area contributed by atoms with E-state index in [9.17, 15) is 4.79 Å². The lowest BCUT2D eigenvalue weighted by Gasteiger charge is -2.04. The number of carboxylic acid groups (broad SMARTS) is 1. The van der Waals surface area contributed by atoms with Crippen molar-refractivity contribution in [2.45, 2.75) is 13.5 Å². The Balaban J connectivity index is 2.58. The van der Waals surface area contributed by atoms with Gasteiger partial charge in [-0.1, -0.05) is 6.92 Å². The largest absolute Gasteiger partial charge is 0.481 e. The second-order valence-electron chi connectivity index (χ2n) is 2.62. The summed E-state index contributed by atoms with van der Waals surface area (Å²) in [4.78, 5) is 10.5. The normalized spacial score (nSPS) is 12.8. The third kappa shape index (κ3) is 2.34. The van der Waals surface area contributed by atoms with E-state index in [0.717, 1.165) is 4.47 Å². The fraction of sp³-hybridized carbons (Fsp3) is 0.429. The average molecular weight is 233 g/mol. The van der Waals surface area contributed by atoms with Crippen LogP contribution in [0.1, 0.15) is 6.92 Å². The monoisotopic (exact) mass is 232 g/mol. The van der Waals surface area contributed by atoms with Gasteiger partial charge < -0.3 is 5.11 Å². The Kier molecular flexibility index (Phi) is 2.86. The number of carbonyl (C=O) groups is 1. The first-order chi connectivity index (χ1) is 5.59. The first-order valence-electron chi connectivity index (χ1n) is 3.50. The predicted octanol–water partition coefficient (Wildman–Crippen LogP) is 1.37. The maximum Gasteiger partial charge on any atom is 0.308 e. The van der Waals surface area contributed by atoms with Gasteiger partial charge in [0.15, 0.2) is 0 Å². The Hall–Kier alpha value is -0.840. The number of hydrogen-bond donors (Lipinski definition) is 1. The molecule has 1 atom stereocenters. The van der Waals surface area contributed by atoms with E-state index in [0.29, 0.717) is 6.54 Å². The highest BCUT2D eigenvalue weighted by Crippen LogP contribution is 2.08. The van der Waals surface area contributed by atoms with Gasteiger partial charge in [0.2, 0.25) is 0 Å².